The van der Waals surface area contributed by atoms with Crippen molar-refractivity contribution in [2.75, 3.05) is 5.32 Å². The SMILES string of the molecule is C#Cc1cccc(NC2CCCc3c2cnn3C)c1. The van der Waals surface area contributed by atoms with Gasteiger partial charge in [-0.1, -0.05) is 12.0 Å². The normalized spacial score (nSPS) is 17.6. The number of aromatic nitrogens is 2. The Bertz CT molecular complexity index is 634. The molecule has 0 radical (unpaired) electrons. The number of nitrogens with zero attached hydrogens (tertiary/aromatic N) is 2. The van der Waals surface area contributed by atoms with Crippen molar-refractivity contribution in [3.63, 3.8) is 0 Å². The van der Waals surface area contributed by atoms with Crippen molar-refractivity contribution in [3.05, 3.63) is 47.3 Å². The Hall–Kier alpha value is -2.21. The van der Waals surface area contributed by atoms with Crippen LogP contribution in [0.1, 0.15) is 35.7 Å². The topological polar surface area (TPSA) is 29.9 Å². The zero-order chi connectivity index (χ0) is 13.2. The van der Waals surface area contributed by atoms with Gasteiger partial charge in [0.2, 0.25) is 0 Å². The number of aryl methyl sites for hydroxylation is 1. The largest absolute Gasteiger partial charge is 0.378 e. The standard InChI is InChI=1S/C16H17N3/c1-3-12-6-4-7-13(10-12)18-15-8-5-9-16-14(15)11-17-19(16)2/h1,4,6-7,10-11,15,18H,5,8-9H2,2H3. The molecule has 0 saturated heterocycles. The van der Waals surface area contributed by atoms with Gasteiger partial charge in [0, 0.05) is 29.6 Å². The van der Waals surface area contributed by atoms with Gasteiger partial charge in [0.25, 0.3) is 0 Å². The number of benzene rings is 1. The summed E-state index contributed by atoms with van der Waals surface area (Å²) in [7, 11) is 2.01. The molecule has 0 fully saturated rings. The molecule has 0 spiro atoms. The van der Waals surface area contributed by atoms with Crippen molar-refractivity contribution >= 4 is 5.69 Å². The number of anilines is 1. The quantitative estimate of drug-likeness (QED) is 0.832. The highest BCUT2D eigenvalue weighted by Gasteiger charge is 2.23. The van der Waals surface area contributed by atoms with Gasteiger partial charge in [-0.2, -0.15) is 5.10 Å². The fourth-order valence-corrected chi connectivity index (χ4v) is 2.76. The number of hydrogen-bond donors (Lipinski definition) is 1. The number of hydrogen-bond acceptors (Lipinski definition) is 2. The van der Waals surface area contributed by atoms with Gasteiger partial charge < -0.3 is 5.32 Å². The van der Waals surface area contributed by atoms with Gasteiger partial charge in [-0.05, 0) is 37.5 Å². The van der Waals surface area contributed by atoms with E-state index in [1.165, 1.54) is 17.7 Å². The molecule has 96 valence electrons. The number of nitrogens with one attached hydrogen (secondary N) is 1. The van der Waals surface area contributed by atoms with E-state index in [1.54, 1.807) is 0 Å². The first kappa shape index (κ1) is 11.9. The molecule has 1 aliphatic rings. The fourth-order valence-electron chi connectivity index (χ4n) is 2.76. The van der Waals surface area contributed by atoms with Crippen molar-refractivity contribution in [3.8, 4) is 12.3 Å². The molecule has 0 saturated carbocycles. The molecule has 1 N–H and O–H groups in total. The molecule has 1 aromatic carbocycles. The molecule has 0 bridgehead atoms. The second-order valence-corrected chi connectivity index (χ2v) is 4.98. The van der Waals surface area contributed by atoms with E-state index in [2.05, 4.69) is 22.4 Å². The molecular weight excluding hydrogens is 234 g/mol. The van der Waals surface area contributed by atoms with Gasteiger partial charge in [0.05, 0.1) is 12.2 Å². The van der Waals surface area contributed by atoms with Crippen molar-refractivity contribution in [2.45, 2.75) is 25.3 Å². The molecule has 19 heavy (non-hydrogen) atoms. The molecule has 3 rings (SSSR count). The third-order valence-electron chi connectivity index (χ3n) is 3.75. The Labute approximate surface area is 113 Å². The van der Waals surface area contributed by atoms with Gasteiger partial charge in [-0.3, -0.25) is 4.68 Å². The molecule has 1 unspecified atom stereocenters. The summed E-state index contributed by atoms with van der Waals surface area (Å²) in [4.78, 5) is 0. The Morgan fingerprint density at radius 2 is 2.37 bits per heavy atom. The Morgan fingerprint density at radius 3 is 3.21 bits per heavy atom. The third-order valence-corrected chi connectivity index (χ3v) is 3.75. The van der Waals surface area contributed by atoms with Gasteiger partial charge in [0.1, 0.15) is 0 Å². The van der Waals surface area contributed by atoms with Crippen molar-refractivity contribution in [2.24, 2.45) is 7.05 Å². The Balaban J connectivity index is 1.86. The van der Waals surface area contributed by atoms with Crippen LogP contribution in [0.15, 0.2) is 30.5 Å². The predicted octanol–water partition coefficient (Wildman–Crippen LogP) is 2.89. The first-order chi connectivity index (χ1) is 9.28. The van der Waals surface area contributed by atoms with E-state index in [0.717, 1.165) is 24.1 Å². The van der Waals surface area contributed by atoms with Gasteiger partial charge in [-0.15, -0.1) is 6.42 Å². The van der Waals surface area contributed by atoms with Crippen LogP contribution in [0.2, 0.25) is 0 Å². The van der Waals surface area contributed by atoms with Crippen LogP contribution >= 0.6 is 0 Å². The molecule has 2 aromatic rings. The zero-order valence-electron chi connectivity index (χ0n) is 11.1. The minimum atomic E-state index is 0.338. The fraction of sp³-hybridized carbons (Fsp3) is 0.312. The summed E-state index contributed by atoms with van der Waals surface area (Å²) in [5, 5.41) is 7.94. The number of terminal acetylenes is 1. The van der Waals surface area contributed by atoms with Crippen molar-refractivity contribution in [1.82, 2.24) is 9.78 Å². The highest BCUT2D eigenvalue weighted by atomic mass is 15.3. The van der Waals surface area contributed by atoms with Crippen LogP contribution in [0.5, 0.6) is 0 Å². The van der Waals surface area contributed by atoms with E-state index in [9.17, 15) is 0 Å². The Morgan fingerprint density at radius 1 is 1.47 bits per heavy atom. The third kappa shape index (κ3) is 2.22. The number of fused-ring (bicyclic) bond motifs is 1. The molecule has 0 amide bonds. The number of rotatable bonds is 2. The molecule has 3 heteroatoms. The molecule has 0 aliphatic heterocycles. The van der Waals surface area contributed by atoms with E-state index in [-0.39, 0.29) is 0 Å². The predicted molar refractivity (Wildman–Crippen MR) is 76.9 cm³/mol. The summed E-state index contributed by atoms with van der Waals surface area (Å²) in [5.41, 5.74) is 4.65. The van der Waals surface area contributed by atoms with Crippen LogP contribution in [0.25, 0.3) is 0 Å². The lowest BCUT2D eigenvalue weighted by Crippen LogP contribution is -2.17. The van der Waals surface area contributed by atoms with Crippen LogP contribution in [0, 0.1) is 12.3 Å². The van der Waals surface area contributed by atoms with Crippen molar-refractivity contribution in [1.29, 1.82) is 0 Å². The second-order valence-electron chi connectivity index (χ2n) is 4.98. The molecule has 3 nitrogen and oxygen atoms in total. The average Bonchev–Trinajstić information content (AvgIpc) is 2.82. The average molecular weight is 251 g/mol. The van der Waals surface area contributed by atoms with Crippen LogP contribution in [0.3, 0.4) is 0 Å². The summed E-state index contributed by atoms with van der Waals surface area (Å²) in [5.74, 6) is 2.67. The lowest BCUT2D eigenvalue weighted by molar-refractivity contribution is 0.571. The highest BCUT2D eigenvalue weighted by Crippen LogP contribution is 2.32. The van der Waals surface area contributed by atoms with Crippen LogP contribution in [-0.2, 0) is 13.5 Å². The maximum atomic E-state index is 5.44. The summed E-state index contributed by atoms with van der Waals surface area (Å²) in [6, 6.07) is 8.35. The summed E-state index contributed by atoms with van der Waals surface area (Å²) < 4.78 is 1.99. The van der Waals surface area contributed by atoms with Gasteiger partial charge >= 0.3 is 0 Å². The van der Waals surface area contributed by atoms with Crippen molar-refractivity contribution < 1.29 is 0 Å². The monoisotopic (exact) mass is 251 g/mol. The molecule has 1 atom stereocenters. The lowest BCUT2D eigenvalue weighted by atomic mass is 9.93. The first-order valence-electron chi connectivity index (χ1n) is 6.62. The second kappa shape index (κ2) is 4.81. The van der Waals surface area contributed by atoms with Crippen LogP contribution in [-0.4, -0.2) is 9.78 Å². The smallest absolute Gasteiger partial charge is 0.0547 e. The maximum absolute atomic E-state index is 5.44. The van der Waals surface area contributed by atoms with E-state index in [1.807, 2.05) is 36.1 Å². The minimum Gasteiger partial charge on any atom is -0.378 e. The minimum absolute atomic E-state index is 0.338. The summed E-state index contributed by atoms with van der Waals surface area (Å²) in [6.45, 7) is 0. The van der Waals surface area contributed by atoms with Crippen LogP contribution < -0.4 is 5.32 Å². The summed E-state index contributed by atoms with van der Waals surface area (Å²) >= 11 is 0. The maximum Gasteiger partial charge on any atom is 0.0547 e. The molecule has 1 aliphatic carbocycles. The van der Waals surface area contributed by atoms with Gasteiger partial charge in [0.15, 0.2) is 0 Å². The molecule has 1 heterocycles. The summed E-state index contributed by atoms with van der Waals surface area (Å²) in [6.07, 6.45) is 10.9. The molecular formula is C16H17N3. The van der Waals surface area contributed by atoms with E-state index >= 15 is 0 Å². The van der Waals surface area contributed by atoms with E-state index < -0.39 is 0 Å². The lowest BCUT2D eigenvalue weighted by Gasteiger charge is -2.24. The van der Waals surface area contributed by atoms with E-state index in [4.69, 9.17) is 6.42 Å². The van der Waals surface area contributed by atoms with E-state index in [0.29, 0.717) is 6.04 Å². The van der Waals surface area contributed by atoms with Crippen LogP contribution in [0.4, 0.5) is 5.69 Å². The highest BCUT2D eigenvalue weighted by molar-refractivity contribution is 5.51. The van der Waals surface area contributed by atoms with Gasteiger partial charge in [-0.25, -0.2) is 0 Å². The Kier molecular flexibility index (Phi) is 3.00. The first-order valence-corrected chi connectivity index (χ1v) is 6.62. The molecule has 1 aromatic heterocycles. The zero-order valence-corrected chi connectivity index (χ0v) is 11.1.